The summed E-state index contributed by atoms with van der Waals surface area (Å²) >= 11 is 0. The van der Waals surface area contributed by atoms with Gasteiger partial charge in [-0.25, -0.2) is 0 Å². The van der Waals surface area contributed by atoms with E-state index in [0.29, 0.717) is 25.1 Å². The quantitative estimate of drug-likeness (QED) is 0.465. The van der Waals surface area contributed by atoms with Crippen molar-refractivity contribution in [1.29, 1.82) is 0 Å². The summed E-state index contributed by atoms with van der Waals surface area (Å²) in [5.74, 6) is -1.33. The summed E-state index contributed by atoms with van der Waals surface area (Å²) in [5, 5.41) is 14.6. The maximum absolute atomic E-state index is 12.6. The van der Waals surface area contributed by atoms with Crippen molar-refractivity contribution in [3.8, 4) is 11.5 Å². The Morgan fingerprint density at radius 3 is 2.67 bits per heavy atom. The number of alkyl halides is 3. The van der Waals surface area contributed by atoms with Crippen molar-refractivity contribution in [3.63, 3.8) is 0 Å². The molecule has 1 fully saturated rings. The van der Waals surface area contributed by atoms with Crippen LogP contribution in [-0.4, -0.2) is 55.5 Å². The Kier molecular flexibility index (Phi) is 9.22. The predicted molar refractivity (Wildman–Crippen MR) is 103 cm³/mol. The molecule has 1 heterocycles. The van der Waals surface area contributed by atoms with Crippen molar-refractivity contribution >= 4 is 11.9 Å². The molecule has 0 bridgehead atoms. The van der Waals surface area contributed by atoms with Crippen LogP contribution in [0.2, 0.25) is 0 Å². The molecule has 3 N–H and O–H groups in total. The smallest absolute Gasteiger partial charge is 0.422 e. The number of unbranched alkanes of at least 4 members (excludes halogenated alkanes) is 1. The van der Waals surface area contributed by atoms with E-state index >= 15 is 0 Å². The van der Waals surface area contributed by atoms with Crippen LogP contribution >= 0.6 is 0 Å². The maximum atomic E-state index is 12.6. The maximum Gasteiger partial charge on any atom is 0.422 e. The molecule has 0 saturated carbocycles. The van der Waals surface area contributed by atoms with E-state index in [4.69, 9.17) is 14.6 Å². The Hall–Kier alpha value is -2.49. The van der Waals surface area contributed by atoms with Crippen LogP contribution < -0.4 is 20.1 Å². The van der Waals surface area contributed by atoms with Gasteiger partial charge in [-0.2, -0.15) is 13.2 Å². The third kappa shape index (κ3) is 8.89. The van der Waals surface area contributed by atoms with E-state index in [9.17, 15) is 22.8 Å². The first-order valence-electron chi connectivity index (χ1n) is 9.94. The molecule has 0 spiro atoms. The van der Waals surface area contributed by atoms with E-state index in [-0.39, 0.29) is 30.4 Å². The Morgan fingerprint density at radius 2 is 2.00 bits per heavy atom. The van der Waals surface area contributed by atoms with Crippen molar-refractivity contribution in [2.24, 2.45) is 0 Å². The van der Waals surface area contributed by atoms with Crippen LogP contribution in [-0.2, 0) is 4.79 Å². The van der Waals surface area contributed by atoms with Crippen LogP contribution in [0.5, 0.6) is 11.5 Å². The zero-order valence-corrected chi connectivity index (χ0v) is 16.6. The predicted octanol–water partition coefficient (Wildman–Crippen LogP) is 3.13. The first-order valence-corrected chi connectivity index (χ1v) is 9.94. The number of nitrogens with one attached hydrogen (secondary N) is 2. The lowest BCUT2D eigenvalue weighted by molar-refractivity contribution is -0.153. The van der Waals surface area contributed by atoms with Gasteiger partial charge in [-0.3, -0.25) is 9.59 Å². The van der Waals surface area contributed by atoms with E-state index in [2.05, 4.69) is 10.6 Å². The Labute approximate surface area is 172 Å². The number of hydrogen-bond acceptors (Lipinski definition) is 5. The number of carboxylic acid groups (broad SMARTS) is 1. The molecule has 1 aromatic carbocycles. The number of piperidine rings is 1. The largest absolute Gasteiger partial charge is 0.494 e. The minimum Gasteiger partial charge on any atom is -0.494 e. The summed E-state index contributed by atoms with van der Waals surface area (Å²) < 4.78 is 47.9. The van der Waals surface area contributed by atoms with Gasteiger partial charge in [0.15, 0.2) is 6.61 Å². The number of ether oxygens (including phenoxy) is 2. The summed E-state index contributed by atoms with van der Waals surface area (Å²) in [6.45, 7) is -0.0561. The third-order valence-electron chi connectivity index (χ3n) is 4.56. The number of rotatable bonds is 11. The third-order valence-corrected chi connectivity index (χ3v) is 4.56. The van der Waals surface area contributed by atoms with Crippen molar-refractivity contribution < 1.29 is 37.3 Å². The van der Waals surface area contributed by atoms with Crippen molar-refractivity contribution in [3.05, 3.63) is 23.8 Å². The summed E-state index contributed by atoms with van der Waals surface area (Å²) in [5.41, 5.74) is -0.0434. The zero-order valence-electron chi connectivity index (χ0n) is 16.6. The topological polar surface area (TPSA) is 96.9 Å². The number of aliphatic carboxylic acids is 1. The number of halogens is 3. The van der Waals surface area contributed by atoms with Crippen LogP contribution in [0.4, 0.5) is 13.2 Å². The molecule has 30 heavy (non-hydrogen) atoms. The molecule has 1 aromatic rings. The average molecular weight is 432 g/mol. The van der Waals surface area contributed by atoms with Crippen molar-refractivity contribution in [2.75, 3.05) is 26.3 Å². The second kappa shape index (κ2) is 11.6. The molecular weight excluding hydrogens is 405 g/mol. The van der Waals surface area contributed by atoms with Gasteiger partial charge in [0.25, 0.3) is 5.91 Å². The molecular formula is C20H27F3N2O5. The molecule has 0 radical (unpaired) electrons. The lowest BCUT2D eigenvalue weighted by Crippen LogP contribution is -2.43. The van der Waals surface area contributed by atoms with E-state index in [1.54, 1.807) is 0 Å². The molecule has 1 atom stereocenters. The molecule has 0 aliphatic carbocycles. The Balaban J connectivity index is 2.00. The molecule has 1 aliphatic heterocycles. The van der Waals surface area contributed by atoms with Crippen LogP contribution in [0.15, 0.2) is 18.2 Å². The van der Waals surface area contributed by atoms with Gasteiger partial charge in [0, 0.05) is 19.0 Å². The highest BCUT2D eigenvalue weighted by Gasteiger charge is 2.29. The van der Waals surface area contributed by atoms with Crippen molar-refractivity contribution in [1.82, 2.24) is 10.6 Å². The SMILES string of the molecule is O=C(O)CCCCOc1ccc(OCC(F)(F)F)c(C(=O)NCC2CCCCN2)c1. The number of carbonyl (C=O) groups excluding carboxylic acids is 1. The van der Waals surface area contributed by atoms with Gasteiger partial charge in [0.2, 0.25) is 0 Å². The van der Waals surface area contributed by atoms with E-state index in [1.165, 1.54) is 18.2 Å². The lowest BCUT2D eigenvalue weighted by atomic mass is 10.0. The van der Waals surface area contributed by atoms with Crippen molar-refractivity contribution in [2.45, 2.75) is 50.7 Å². The first kappa shape index (κ1) is 23.8. The van der Waals surface area contributed by atoms with Gasteiger partial charge in [-0.15, -0.1) is 0 Å². The number of benzene rings is 1. The molecule has 0 aromatic heterocycles. The van der Waals surface area contributed by atoms with Gasteiger partial charge >= 0.3 is 12.1 Å². The standard InChI is InChI=1S/C20H27F3N2O5/c21-20(22,23)13-30-17-8-7-15(29-10-4-2-6-18(26)27)11-16(17)19(28)25-12-14-5-1-3-9-24-14/h7-8,11,14,24H,1-6,9-10,12-13H2,(H,25,28)(H,26,27). The second-order valence-corrected chi connectivity index (χ2v) is 7.12. The monoisotopic (exact) mass is 432 g/mol. The number of amides is 1. The summed E-state index contributed by atoms with van der Waals surface area (Å²) in [6.07, 6.45) is -0.533. The number of hydrogen-bond donors (Lipinski definition) is 3. The fourth-order valence-electron chi connectivity index (χ4n) is 3.04. The minimum absolute atomic E-state index is 0.0242. The fourth-order valence-corrected chi connectivity index (χ4v) is 3.04. The van der Waals surface area contributed by atoms with Crippen LogP contribution in [0.1, 0.15) is 48.9 Å². The molecule has 1 unspecified atom stereocenters. The molecule has 1 saturated heterocycles. The second-order valence-electron chi connectivity index (χ2n) is 7.12. The highest BCUT2D eigenvalue weighted by atomic mass is 19.4. The minimum atomic E-state index is -4.53. The average Bonchev–Trinajstić information content (AvgIpc) is 2.70. The van der Waals surface area contributed by atoms with Gasteiger partial charge in [0.05, 0.1) is 12.2 Å². The lowest BCUT2D eigenvalue weighted by Gasteiger charge is -2.24. The van der Waals surface area contributed by atoms with E-state index < -0.39 is 24.7 Å². The van der Waals surface area contributed by atoms with Gasteiger partial charge in [0.1, 0.15) is 11.5 Å². The van der Waals surface area contributed by atoms with Crippen LogP contribution in [0.3, 0.4) is 0 Å². The molecule has 1 amide bonds. The Morgan fingerprint density at radius 1 is 1.20 bits per heavy atom. The Bertz CT molecular complexity index is 706. The fraction of sp³-hybridized carbons (Fsp3) is 0.600. The summed E-state index contributed by atoms with van der Waals surface area (Å²) in [6, 6.07) is 4.15. The van der Waals surface area contributed by atoms with Gasteiger partial charge in [-0.05, 0) is 50.4 Å². The first-order chi connectivity index (χ1) is 14.2. The number of carbonyl (C=O) groups is 2. The normalized spacial score (nSPS) is 16.7. The number of carboxylic acids is 1. The van der Waals surface area contributed by atoms with Gasteiger partial charge < -0.3 is 25.2 Å². The summed E-state index contributed by atoms with van der Waals surface area (Å²) in [4.78, 5) is 23.1. The highest BCUT2D eigenvalue weighted by molar-refractivity contribution is 5.97. The zero-order chi connectivity index (χ0) is 22.0. The molecule has 1 aliphatic rings. The van der Waals surface area contributed by atoms with Crippen LogP contribution in [0.25, 0.3) is 0 Å². The molecule has 7 nitrogen and oxygen atoms in total. The van der Waals surface area contributed by atoms with E-state index in [0.717, 1.165) is 25.8 Å². The van der Waals surface area contributed by atoms with Gasteiger partial charge in [-0.1, -0.05) is 6.42 Å². The molecule has 168 valence electrons. The van der Waals surface area contributed by atoms with Crippen LogP contribution in [0, 0.1) is 0 Å². The molecule has 2 rings (SSSR count). The summed E-state index contributed by atoms with van der Waals surface area (Å²) in [7, 11) is 0. The highest BCUT2D eigenvalue weighted by Crippen LogP contribution is 2.27. The van der Waals surface area contributed by atoms with E-state index in [1.807, 2.05) is 0 Å². The molecule has 10 heteroatoms.